The summed E-state index contributed by atoms with van der Waals surface area (Å²) in [6.07, 6.45) is 4.59. The number of hydrogen-bond acceptors (Lipinski definition) is 1. The lowest BCUT2D eigenvalue weighted by Crippen LogP contribution is -2.20. The third kappa shape index (κ3) is 2.08. The molecule has 0 radical (unpaired) electrons. The Labute approximate surface area is 109 Å². The van der Waals surface area contributed by atoms with E-state index in [4.69, 9.17) is 0 Å². The maximum Gasteiger partial charge on any atom is 0.0364 e. The summed E-state index contributed by atoms with van der Waals surface area (Å²) in [4.78, 5) is 0. The average Bonchev–Trinajstić information content (AvgIpc) is 3.02. The Bertz CT molecular complexity index is 527. The van der Waals surface area contributed by atoms with Gasteiger partial charge in [-0.1, -0.05) is 24.3 Å². The van der Waals surface area contributed by atoms with E-state index in [2.05, 4.69) is 59.4 Å². The summed E-state index contributed by atoms with van der Waals surface area (Å²) < 4.78 is 2.30. The van der Waals surface area contributed by atoms with Crippen LogP contribution in [0.25, 0.3) is 0 Å². The molecule has 0 fully saturated rings. The van der Waals surface area contributed by atoms with Crippen LogP contribution >= 0.6 is 0 Å². The molecular weight excluding hydrogens is 220 g/mol. The molecule has 2 nitrogen and oxygen atoms in total. The Hall–Kier alpha value is -1.54. The Morgan fingerprint density at radius 2 is 2.11 bits per heavy atom. The summed E-state index contributed by atoms with van der Waals surface area (Å²) in [6, 6.07) is 13.7. The summed E-state index contributed by atoms with van der Waals surface area (Å²) in [6.45, 7) is 4.19. The van der Waals surface area contributed by atoms with Crippen LogP contribution in [0, 0.1) is 0 Å². The molecule has 1 aromatic carbocycles. The highest BCUT2D eigenvalue weighted by Gasteiger charge is 2.21. The molecule has 0 saturated heterocycles. The van der Waals surface area contributed by atoms with Gasteiger partial charge in [0, 0.05) is 31.0 Å². The minimum absolute atomic E-state index is 0.529. The zero-order chi connectivity index (χ0) is 12.4. The quantitative estimate of drug-likeness (QED) is 0.867. The van der Waals surface area contributed by atoms with E-state index in [9.17, 15) is 0 Å². The van der Waals surface area contributed by atoms with E-state index >= 15 is 0 Å². The van der Waals surface area contributed by atoms with Gasteiger partial charge in [-0.25, -0.2) is 0 Å². The second-order valence-corrected chi connectivity index (χ2v) is 4.96. The zero-order valence-electron chi connectivity index (χ0n) is 10.9. The van der Waals surface area contributed by atoms with E-state index in [0.29, 0.717) is 6.04 Å². The molecule has 18 heavy (non-hydrogen) atoms. The highest BCUT2D eigenvalue weighted by atomic mass is 15.0. The van der Waals surface area contributed by atoms with E-state index < -0.39 is 0 Å². The summed E-state index contributed by atoms with van der Waals surface area (Å²) in [5.74, 6) is 0. The van der Waals surface area contributed by atoms with Gasteiger partial charge in [0.15, 0.2) is 0 Å². The van der Waals surface area contributed by atoms with Gasteiger partial charge in [-0.15, -0.1) is 0 Å². The molecule has 1 heterocycles. The number of nitrogens with one attached hydrogen (secondary N) is 1. The van der Waals surface area contributed by atoms with Crippen molar-refractivity contribution in [2.45, 2.75) is 38.9 Å². The molecule has 2 heteroatoms. The molecule has 1 aliphatic carbocycles. The van der Waals surface area contributed by atoms with E-state index in [0.717, 1.165) is 13.1 Å². The number of rotatable bonds is 4. The molecule has 1 N–H and O–H groups in total. The van der Waals surface area contributed by atoms with E-state index in [1.165, 1.54) is 29.7 Å². The van der Waals surface area contributed by atoms with E-state index in [1.807, 2.05) is 0 Å². The molecule has 94 valence electrons. The molecule has 1 aromatic heterocycles. The van der Waals surface area contributed by atoms with Crippen molar-refractivity contribution in [1.29, 1.82) is 0 Å². The number of nitrogens with zero attached hydrogens (tertiary/aromatic N) is 1. The zero-order valence-corrected chi connectivity index (χ0v) is 10.9. The number of benzene rings is 1. The topological polar surface area (TPSA) is 17.0 Å². The molecule has 0 amide bonds. The van der Waals surface area contributed by atoms with Gasteiger partial charge in [0.05, 0.1) is 0 Å². The monoisotopic (exact) mass is 240 g/mol. The van der Waals surface area contributed by atoms with Crippen molar-refractivity contribution in [2.24, 2.45) is 0 Å². The Balaban J connectivity index is 1.69. The van der Waals surface area contributed by atoms with Crippen molar-refractivity contribution in [1.82, 2.24) is 9.88 Å². The van der Waals surface area contributed by atoms with Gasteiger partial charge >= 0.3 is 0 Å². The maximum atomic E-state index is 3.69. The van der Waals surface area contributed by atoms with Crippen LogP contribution in [-0.2, 0) is 19.5 Å². The average molecular weight is 240 g/mol. The largest absolute Gasteiger partial charge is 0.351 e. The molecule has 0 spiro atoms. The smallest absolute Gasteiger partial charge is 0.0364 e. The molecule has 0 bridgehead atoms. The van der Waals surface area contributed by atoms with Gasteiger partial charge in [0.2, 0.25) is 0 Å². The lowest BCUT2D eigenvalue weighted by Gasteiger charge is -2.15. The summed E-state index contributed by atoms with van der Waals surface area (Å²) in [5.41, 5.74) is 4.38. The van der Waals surface area contributed by atoms with Crippen molar-refractivity contribution >= 4 is 0 Å². The first-order valence-corrected chi connectivity index (χ1v) is 6.83. The minimum atomic E-state index is 0.529. The fourth-order valence-electron chi connectivity index (χ4n) is 2.92. The Morgan fingerprint density at radius 3 is 3.00 bits per heavy atom. The molecule has 1 unspecified atom stereocenters. The summed E-state index contributed by atoms with van der Waals surface area (Å²) in [7, 11) is 0. The van der Waals surface area contributed by atoms with Gasteiger partial charge < -0.3 is 9.88 Å². The van der Waals surface area contributed by atoms with Crippen LogP contribution in [-0.4, -0.2) is 4.57 Å². The number of fused-ring (bicyclic) bond motifs is 1. The lowest BCUT2D eigenvalue weighted by atomic mass is 10.1. The SMILES string of the molecule is CCn1cccc1CNC1CCc2ccccc21. The summed E-state index contributed by atoms with van der Waals surface area (Å²) >= 11 is 0. The summed E-state index contributed by atoms with van der Waals surface area (Å²) in [5, 5.41) is 3.69. The molecule has 2 aromatic rings. The van der Waals surface area contributed by atoms with Gasteiger partial charge in [0.1, 0.15) is 0 Å². The molecular formula is C16H20N2. The standard InChI is InChI=1S/C16H20N2/c1-2-18-11-5-7-14(18)12-17-16-10-9-13-6-3-4-8-15(13)16/h3-8,11,16-17H,2,9-10,12H2,1H3. The highest BCUT2D eigenvalue weighted by molar-refractivity contribution is 5.34. The molecule has 1 atom stereocenters. The van der Waals surface area contributed by atoms with Crippen molar-refractivity contribution in [2.75, 3.05) is 0 Å². The number of aryl methyl sites for hydroxylation is 2. The van der Waals surface area contributed by atoms with E-state index in [-0.39, 0.29) is 0 Å². The fraction of sp³-hybridized carbons (Fsp3) is 0.375. The Kier molecular flexibility index (Phi) is 3.20. The van der Waals surface area contributed by atoms with Crippen molar-refractivity contribution in [3.8, 4) is 0 Å². The van der Waals surface area contributed by atoms with Crippen molar-refractivity contribution in [3.63, 3.8) is 0 Å². The number of aromatic nitrogens is 1. The third-order valence-electron chi connectivity index (χ3n) is 3.93. The normalized spacial score (nSPS) is 17.9. The van der Waals surface area contributed by atoms with E-state index in [1.54, 1.807) is 0 Å². The van der Waals surface area contributed by atoms with Crippen LogP contribution < -0.4 is 5.32 Å². The van der Waals surface area contributed by atoms with Crippen molar-refractivity contribution in [3.05, 3.63) is 59.4 Å². The lowest BCUT2D eigenvalue weighted by molar-refractivity contribution is 0.513. The second-order valence-electron chi connectivity index (χ2n) is 4.96. The first kappa shape index (κ1) is 11.5. The molecule has 0 saturated carbocycles. The predicted molar refractivity (Wildman–Crippen MR) is 74.4 cm³/mol. The minimum Gasteiger partial charge on any atom is -0.351 e. The van der Waals surface area contributed by atoms with Crippen LogP contribution in [0.5, 0.6) is 0 Å². The first-order chi connectivity index (χ1) is 8.88. The molecule has 3 rings (SSSR count). The second kappa shape index (κ2) is 4.99. The third-order valence-corrected chi connectivity index (χ3v) is 3.93. The Morgan fingerprint density at radius 1 is 1.22 bits per heavy atom. The highest BCUT2D eigenvalue weighted by Crippen LogP contribution is 2.30. The predicted octanol–water partition coefficient (Wildman–Crippen LogP) is 3.29. The van der Waals surface area contributed by atoms with Gasteiger partial charge in [-0.2, -0.15) is 0 Å². The van der Waals surface area contributed by atoms with Crippen LogP contribution in [0.4, 0.5) is 0 Å². The van der Waals surface area contributed by atoms with Crippen LogP contribution in [0.1, 0.15) is 36.2 Å². The van der Waals surface area contributed by atoms with Crippen LogP contribution in [0.2, 0.25) is 0 Å². The van der Waals surface area contributed by atoms with Gasteiger partial charge in [0.25, 0.3) is 0 Å². The van der Waals surface area contributed by atoms with Gasteiger partial charge in [-0.3, -0.25) is 0 Å². The van der Waals surface area contributed by atoms with Crippen LogP contribution in [0.3, 0.4) is 0 Å². The van der Waals surface area contributed by atoms with Crippen LogP contribution in [0.15, 0.2) is 42.6 Å². The first-order valence-electron chi connectivity index (χ1n) is 6.83. The van der Waals surface area contributed by atoms with Crippen molar-refractivity contribution < 1.29 is 0 Å². The fourth-order valence-corrected chi connectivity index (χ4v) is 2.92. The molecule has 1 aliphatic rings. The number of hydrogen-bond donors (Lipinski definition) is 1. The molecule has 0 aliphatic heterocycles. The maximum absolute atomic E-state index is 3.69. The van der Waals surface area contributed by atoms with Gasteiger partial charge in [-0.05, 0) is 43.0 Å².